The van der Waals surface area contributed by atoms with E-state index in [1.54, 1.807) is 6.07 Å². The van der Waals surface area contributed by atoms with Crippen molar-refractivity contribution in [3.05, 3.63) is 88.2 Å². The SMILES string of the molecule is O=C(NCCn1nc(-c2ccccc2)ccc1=O)c1ccc(F)c(F)c1. The number of carbonyl (C=O) groups is 1. The summed E-state index contributed by atoms with van der Waals surface area (Å²) in [5.41, 5.74) is 1.21. The fourth-order valence-corrected chi connectivity index (χ4v) is 2.39. The summed E-state index contributed by atoms with van der Waals surface area (Å²) < 4.78 is 27.3. The Bertz CT molecular complexity index is 988. The van der Waals surface area contributed by atoms with Crippen LogP contribution in [-0.4, -0.2) is 22.2 Å². The van der Waals surface area contributed by atoms with Crippen LogP contribution >= 0.6 is 0 Å². The maximum Gasteiger partial charge on any atom is 0.266 e. The molecule has 1 aromatic heterocycles. The van der Waals surface area contributed by atoms with Crippen molar-refractivity contribution in [2.75, 3.05) is 6.54 Å². The summed E-state index contributed by atoms with van der Waals surface area (Å²) in [7, 11) is 0. The third-order valence-corrected chi connectivity index (χ3v) is 3.73. The monoisotopic (exact) mass is 355 g/mol. The highest BCUT2D eigenvalue weighted by Crippen LogP contribution is 2.13. The van der Waals surface area contributed by atoms with E-state index in [2.05, 4.69) is 10.4 Å². The molecule has 3 aromatic rings. The van der Waals surface area contributed by atoms with Gasteiger partial charge in [-0.05, 0) is 24.3 Å². The van der Waals surface area contributed by atoms with Gasteiger partial charge in [-0.3, -0.25) is 9.59 Å². The molecule has 0 saturated carbocycles. The largest absolute Gasteiger partial charge is 0.350 e. The molecule has 0 aliphatic rings. The number of rotatable bonds is 5. The first-order valence-corrected chi connectivity index (χ1v) is 7.91. The summed E-state index contributed by atoms with van der Waals surface area (Å²) in [6, 6.07) is 15.3. The summed E-state index contributed by atoms with van der Waals surface area (Å²) >= 11 is 0. The van der Waals surface area contributed by atoms with Crippen LogP contribution in [0.1, 0.15) is 10.4 Å². The van der Waals surface area contributed by atoms with Crippen molar-refractivity contribution in [3.8, 4) is 11.3 Å². The lowest BCUT2D eigenvalue weighted by Crippen LogP contribution is -2.32. The number of halogens is 2. The van der Waals surface area contributed by atoms with Crippen molar-refractivity contribution in [2.24, 2.45) is 0 Å². The molecule has 0 fully saturated rings. The molecule has 0 saturated heterocycles. The van der Waals surface area contributed by atoms with Crippen molar-refractivity contribution in [3.63, 3.8) is 0 Å². The van der Waals surface area contributed by atoms with Gasteiger partial charge in [-0.2, -0.15) is 5.10 Å². The molecule has 0 aliphatic carbocycles. The number of hydrogen-bond acceptors (Lipinski definition) is 3. The van der Waals surface area contributed by atoms with Crippen LogP contribution in [0.15, 0.2) is 65.5 Å². The normalized spacial score (nSPS) is 10.5. The van der Waals surface area contributed by atoms with Gasteiger partial charge in [0.2, 0.25) is 0 Å². The molecule has 132 valence electrons. The minimum absolute atomic E-state index is 0.00208. The molecule has 0 aliphatic heterocycles. The van der Waals surface area contributed by atoms with E-state index >= 15 is 0 Å². The summed E-state index contributed by atoms with van der Waals surface area (Å²) in [4.78, 5) is 23.9. The Kier molecular flexibility index (Phi) is 5.17. The second-order valence-corrected chi connectivity index (χ2v) is 5.53. The summed E-state index contributed by atoms with van der Waals surface area (Å²) in [6.07, 6.45) is 0. The molecule has 3 rings (SSSR count). The zero-order chi connectivity index (χ0) is 18.5. The number of benzene rings is 2. The van der Waals surface area contributed by atoms with Gasteiger partial charge in [-0.15, -0.1) is 0 Å². The van der Waals surface area contributed by atoms with Crippen LogP contribution in [0.25, 0.3) is 11.3 Å². The van der Waals surface area contributed by atoms with Crippen LogP contribution in [0.4, 0.5) is 8.78 Å². The molecule has 1 amide bonds. The Hall–Kier alpha value is -3.35. The molecule has 7 heteroatoms. The lowest BCUT2D eigenvalue weighted by molar-refractivity contribution is 0.0951. The van der Waals surface area contributed by atoms with Crippen LogP contribution < -0.4 is 10.9 Å². The third-order valence-electron chi connectivity index (χ3n) is 3.73. The molecule has 0 radical (unpaired) electrons. The molecular weight excluding hydrogens is 340 g/mol. The third kappa shape index (κ3) is 4.00. The minimum atomic E-state index is -1.09. The lowest BCUT2D eigenvalue weighted by Gasteiger charge is -2.09. The standard InChI is InChI=1S/C19H15F2N3O2/c20-15-7-6-14(12-16(15)21)19(26)22-10-11-24-18(25)9-8-17(23-24)13-4-2-1-3-5-13/h1-9,12H,10-11H2,(H,22,26). The maximum atomic E-state index is 13.2. The van der Waals surface area contributed by atoms with Crippen LogP contribution in [0, 0.1) is 11.6 Å². The Labute approximate surface area is 147 Å². The van der Waals surface area contributed by atoms with Gasteiger partial charge in [-0.25, -0.2) is 13.5 Å². The van der Waals surface area contributed by atoms with E-state index in [0.717, 1.165) is 17.7 Å². The van der Waals surface area contributed by atoms with Crippen LogP contribution in [-0.2, 0) is 6.54 Å². The van der Waals surface area contributed by atoms with Crippen molar-refractivity contribution in [1.82, 2.24) is 15.1 Å². The average molecular weight is 355 g/mol. The first kappa shape index (κ1) is 17.5. The fourth-order valence-electron chi connectivity index (χ4n) is 2.39. The number of nitrogens with zero attached hydrogens (tertiary/aromatic N) is 2. The highest BCUT2D eigenvalue weighted by molar-refractivity contribution is 5.94. The second-order valence-electron chi connectivity index (χ2n) is 5.53. The second kappa shape index (κ2) is 7.69. The quantitative estimate of drug-likeness (QED) is 0.765. The molecule has 1 N–H and O–H groups in total. The van der Waals surface area contributed by atoms with Gasteiger partial charge in [0.25, 0.3) is 11.5 Å². The predicted octanol–water partition coefficient (Wildman–Crippen LogP) is 2.62. The number of amides is 1. The van der Waals surface area contributed by atoms with Crippen LogP contribution in [0.3, 0.4) is 0 Å². The van der Waals surface area contributed by atoms with E-state index in [1.165, 1.54) is 16.8 Å². The molecular formula is C19H15F2N3O2. The Morgan fingerprint density at radius 3 is 2.50 bits per heavy atom. The van der Waals surface area contributed by atoms with E-state index in [0.29, 0.717) is 5.69 Å². The van der Waals surface area contributed by atoms with Crippen molar-refractivity contribution < 1.29 is 13.6 Å². The summed E-state index contributed by atoms with van der Waals surface area (Å²) in [6.45, 7) is 0.262. The summed E-state index contributed by atoms with van der Waals surface area (Å²) in [5, 5.41) is 6.83. The molecule has 26 heavy (non-hydrogen) atoms. The minimum Gasteiger partial charge on any atom is -0.350 e. The zero-order valence-corrected chi connectivity index (χ0v) is 13.7. The molecule has 0 bridgehead atoms. The van der Waals surface area contributed by atoms with Gasteiger partial charge >= 0.3 is 0 Å². The lowest BCUT2D eigenvalue weighted by atomic mass is 10.1. The van der Waals surface area contributed by atoms with Gasteiger partial charge < -0.3 is 5.32 Å². The Morgan fingerprint density at radius 1 is 1.00 bits per heavy atom. The first-order chi connectivity index (χ1) is 12.5. The number of aromatic nitrogens is 2. The molecule has 0 spiro atoms. The van der Waals surface area contributed by atoms with Gasteiger partial charge in [0.05, 0.1) is 12.2 Å². The van der Waals surface area contributed by atoms with Crippen LogP contribution in [0.5, 0.6) is 0 Å². The topological polar surface area (TPSA) is 64.0 Å². The van der Waals surface area contributed by atoms with Gasteiger partial charge in [-0.1, -0.05) is 30.3 Å². The smallest absolute Gasteiger partial charge is 0.266 e. The predicted molar refractivity (Wildman–Crippen MR) is 92.6 cm³/mol. The Morgan fingerprint density at radius 2 is 1.77 bits per heavy atom. The van der Waals surface area contributed by atoms with Gasteiger partial charge in [0.15, 0.2) is 11.6 Å². The van der Waals surface area contributed by atoms with Gasteiger partial charge in [0, 0.05) is 23.7 Å². The molecule has 5 nitrogen and oxygen atoms in total. The molecule has 0 atom stereocenters. The van der Waals surface area contributed by atoms with Gasteiger partial charge in [0.1, 0.15) is 0 Å². The highest BCUT2D eigenvalue weighted by atomic mass is 19.2. The van der Waals surface area contributed by atoms with E-state index in [4.69, 9.17) is 0 Å². The molecule has 2 aromatic carbocycles. The molecule has 0 unspecified atom stereocenters. The summed E-state index contributed by atoms with van der Waals surface area (Å²) in [5.74, 6) is -2.67. The number of nitrogens with one attached hydrogen (secondary N) is 1. The van der Waals surface area contributed by atoms with E-state index in [-0.39, 0.29) is 24.2 Å². The van der Waals surface area contributed by atoms with E-state index < -0.39 is 17.5 Å². The van der Waals surface area contributed by atoms with Crippen LogP contribution in [0.2, 0.25) is 0 Å². The first-order valence-electron chi connectivity index (χ1n) is 7.91. The average Bonchev–Trinajstić information content (AvgIpc) is 2.66. The molecule has 1 heterocycles. The van der Waals surface area contributed by atoms with Crippen molar-refractivity contribution >= 4 is 5.91 Å². The van der Waals surface area contributed by atoms with Crippen molar-refractivity contribution in [1.29, 1.82) is 0 Å². The Balaban J connectivity index is 1.67. The highest BCUT2D eigenvalue weighted by Gasteiger charge is 2.10. The fraction of sp³-hybridized carbons (Fsp3) is 0.105. The number of hydrogen-bond donors (Lipinski definition) is 1. The van der Waals surface area contributed by atoms with Crippen molar-refractivity contribution in [2.45, 2.75) is 6.54 Å². The maximum absolute atomic E-state index is 13.2. The number of carbonyl (C=O) groups excluding carboxylic acids is 1. The van der Waals surface area contributed by atoms with E-state index in [1.807, 2.05) is 30.3 Å². The van der Waals surface area contributed by atoms with E-state index in [9.17, 15) is 18.4 Å². The zero-order valence-electron chi connectivity index (χ0n) is 13.7.